The van der Waals surface area contributed by atoms with Gasteiger partial charge in [0.15, 0.2) is 0 Å². The van der Waals surface area contributed by atoms with E-state index in [2.05, 4.69) is 254 Å². The molecule has 0 saturated carbocycles. The predicted octanol–water partition coefficient (Wildman–Crippen LogP) is 21.3. The van der Waals surface area contributed by atoms with E-state index in [-0.39, 0.29) is 11.2 Å². The van der Waals surface area contributed by atoms with Crippen LogP contribution in [-0.2, 0) is 5.41 Å². The maximum absolute atomic E-state index is 16.1. The van der Waals surface area contributed by atoms with E-state index in [9.17, 15) is 0 Å². The van der Waals surface area contributed by atoms with Gasteiger partial charge in [0.25, 0.3) is 0 Å². The van der Waals surface area contributed by atoms with E-state index in [1.807, 2.05) is 24.3 Å². The Morgan fingerprint density at radius 1 is 0.344 bits per heavy atom. The van der Waals surface area contributed by atoms with Crippen molar-refractivity contribution < 1.29 is 17.6 Å². The monoisotopic (exact) mass is 1200 g/mol. The minimum atomic E-state index is -2.09. The second-order valence-electron chi connectivity index (χ2n) is 27.4. The number of hydrogen-bond acceptors (Lipinski definition) is 4. The van der Waals surface area contributed by atoms with Crippen LogP contribution in [0.3, 0.4) is 0 Å². The van der Waals surface area contributed by atoms with E-state index in [1.54, 1.807) is 12.1 Å². The van der Waals surface area contributed by atoms with Crippen molar-refractivity contribution in [3.63, 3.8) is 0 Å². The van der Waals surface area contributed by atoms with Gasteiger partial charge in [0.2, 0.25) is 0 Å². The molecule has 0 bridgehead atoms. The summed E-state index contributed by atoms with van der Waals surface area (Å²) in [5.41, 5.74) is 16.6. The Labute approximate surface area is 520 Å². The number of benzene rings is 13. The molecule has 0 saturated heterocycles. The van der Waals surface area contributed by atoms with Crippen molar-refractivity contribution in [2.24, 2.45) is 0 Å². The molecule has 2 aliphatic rings. The molecule has 3 aromatic heterocycles. The Bertz CT molecular complexity index is 5660. The molecule has 1 aliphatic heterocycles. The van der Waals surface area contributed by atoms with Gasteiger partial charge in [-0.15, -0.1) is 0 Å². The minimum absolute atomic E-state index is 0.231. The van der Waals surface area contributed by atoms with Crippen molar-refractivity contribution in [1.29, 1.82) is 0 Å². The van der Waals surface area contributed by atoms with Crippen LogP contribution < -0.4 is 20.2 Å². The SMILES string of the molecule is C[SiH-](C)(C)c1ccc(N(c2ccc3c(c2)c2cc(N(c4ccc([SiH-](C)(C)C)cc4)c4cccc5c4oc4c(F)cccc45)cc4c2n3-c2ccccc2C42c3ccc4ccccc4c3-c3c2ccc2ccccc32)c2cccc3c2oc2c(F)cccc23)cc1. The second kappa shape index (κ2) is 18.9. The number of anilines is 6. The molecule has 0 radical (unpaired) electrons. The maximum atomic E-state index is 16.1. The van der Waals surface area contributed by atoms with Gasteiger partial charge in [-0.3, -0.25) is 0 Å². The van der Waals surface area contributed by atoms with Crippen molar-refractivity contribution in [2.45, 2.75) is 44.7 Å². The molecule has 13 aromatic carbocycles. The molecular weight excluding hydrogens is 1140 g/mol. The van der Waals surface area contributed by atoms with Crippen molar-refractivity contribution in [2.75, 3.05) is 9.80 Å². The Morgan fingerprint density at radius 3 is 1.32 bits per heavy atom. The van der Waals surface area contributed by atoms with Crippen LogP contribution in [0, 0.1) is 11.6 Å². The van der Waals surface area contributed by atoms with Gasteiger partial charge in [-0.2, -0.15) is 0 Å². The van der Waals surface area contributed by atoms with Crippen LogP contribution in [0.5, 0.6) is 0 Å². The number of hydrogen-bond donors (Lipinski definition) is 0. The zero-order valence-corrected chi connectivity index (χ0v) is 53.0. The molecule has 0 fully saturated rings. The van der Waals surface area contributed by atoms with Crippen LogP contribution in [0.4, 0.5) is 42.9 Å². The first-order valence-electron chi connectivity index (χ1n) is 31.6. The number of halogens is 2. The first-order chi connectivity index (χ1) is 43.7. The van der Waals surface area contributed by atoms with Gasteiger partial charge < -0.3 is 0 Å². The van der Waals surface area contributed by atoms with Crippen LogP contribution in [-0.4, -0.2) is 20.7 Å². The van der Waals surface area contributed by atoms with E-state index in [0.717, 1.165) is 88.7 Å². The van der Waals surface area contributed by atoms with Crippen molar-refractivity contribution in [1.82, 2.24) is 4.57 Å². The third-order valence-electron chi connectivity index (χ3n) is 19.9. The third-order valence-corrected chi connectivity index (χ3v) is 24.7. The summed E-state index contributed by atoms with van der Waals surface area (Å²) < 4.78 is 48.0. The van der Waals surface area contributed by atoms with Crippen molar-refractivity contribution >= 4 is 148 Å². The molecule has 16 aromatic rings. The molecule has 18 rings (SSSR count). The van der Waals surface area contributed by atoms with Crippen LogP contribution in [0.2, 0.25) is 39.3 Å². The summed E-state index contributed by atoms with van der Waals surface area (Å²) >= 11 is 0. The van der Waals surface area contributed by atoms with Gasteiger partial charge in [0.1, 0.15) is 0 Å². The summed E-state index contributed by atoms with van der Waals surface area (Å²) in [5, 5.41) is 12.7. The van der Waals surface area contributed by atoms with Crippen LogP contribution in [0.1, 0.15) is 22.3 Å². The van der Waals surface area contributed by atoms with Gasteiger partial charge in [0, 0.05) is 0 Å². The van der Waals surface area contributed by atoms with Crippen LogP contribution in [0.15, 0.2) is 258 Å². The quantitative estimate of drug-likeness (QED) is 0.142. The third kappa shape index (κ3) is 7.33. The molecule has 0 amide bonds. The van der Waals surface area contributed by atoms with Gasteiger partial charge in [-0.05, 0) is 10.8 Å². The number of para-hydroxylation sites is 5. The summed E-state index contributed by atoms with van der Waals surface area (Å²) in [6, 6.07) is 88.9. The second-order valence-corrected chi connectivity index (χ2v) is 39.1. The molecular formula is C81H61F2N3O2Si2-2. The van der Waals surface area contributed by atoms with E-state index in [4.69, 9.17) is 8.83 Å². The van der Waals surface area contributed by atoms with E-state index in [0.29, 0.717) is 11.2 Å². The summed E-state index contributed by atoms with van der Waals surface area (Å²) in [4.78, 5) is 4.64. The van der Waals surface area contributed by atoms with E-state index in [1.165, 1.54) is 71.9 Å². The average Bonchev–Trinajstić information content (AvgIpc) is 1.46. The molecule has 5 nitrogen and oxygen atoms in total. The van der Waals surface area contributed by atoms with Gasteiger partial charge in [0.05, 0.1) is 0 Å². The molecule has 436 valence electrons. The Hall–Kier alpha value is -10.3. The van der Waals surface area contributed by atoms with Crippen LogP contribution >= 0.6 is 0 Å². The normalized spacial score (nSPS) is 13.8. The summed E-state index contributed by atoms with van der Waals surface area (Å²) in [6.45, 7) is 14.4. The summed E-state index contributed by atoms with van der Waals surface area (Å²) in [5.74, 6) is -0.800. The zero-order chi connectivity index (χ0) is 60.7. The molecule has 90 heavy (non-hydrogen) atoms. The number of fused-ring (bicyclic) bond motifs is 22. The van der Waals surface area contributed by atoms with E-state index < -0.39 is 33.2 Å². The Morgan fingerprint density at radius 2 is 0.789 bits per heavy atom. The Kier molecular flexibility index (Phi) is 11.1. The number of nitrogens with zero attached hydrogens (tertiary/aromatic N) is 3. The predicted molar refractivity (Wildman–Crippen MR) is 379 cm³/mol. The molecule has 0 N–H and O–H groups in total. The molecule has 9 heteroatoms. The van der Waals surface area contributed by atoms with Gasteiger partial charge >= 0.3 is 459 Å². The summed E-state index contributed by atoms with van der Waals surface area (Å²) in [7, 11) is -4.13. The van der Waals surface area contributed by atoms with Crippen molar-refractivity contribution in [3.05, 3.63) is 283 Å². The fraction of sp³-hybridized carbons (Fsp3) is 0.0864. The molecule has 4 heterocycles. The molecule has 1 spiro atoms. The molecule has 0 atom stereocenters. The average molecular weight is 1200 g/mol. The van der Waals surface area contributed by atoms with Gasteiger partial charge in [-0.25, -0.2) is 0 Å². The van der Waals surface area contributed by atoms with Crippen molar-refractivity contribution in [3.8, 4) is 16.8 Å². The molecule has 0 unspecified atom stereocenters. The first kappa shape index (κ1) is 52.8. The fourth-order valence-corrected chi connectivity index (χ4v) is 18.3. The number of rotatable bonds is 8. The Balaban J connectivity index is 1.00. The van der Waals surface area contributed by atoms with Gasteiger partial charge in [-0.1, -0.05) is 54.6 Å². The summed E-state index contributed by atoms with van der Waals surface area (Å²) in [6.07, 6.45) is 0. The van der Waals surface area contributed by atoms with Crippen LogP contribution in [0.25, 0.3) is 104 Å². The van der Waals surface area contributed by atoms with E-state index >= 15 is 8.78 Å². The standard InChI is InChI=1S/C81H61F2N3O2Si2/c1-89(2,3)54-38-33-50(34-39-54)84(72-29-15-23-60-58-21-13-26-68(82)77(58)87-79(60)72)52-37-44-70-62(45-52)63-46-53(85(51-35-40-55(41-36-51)90(4,5)6)73-30-16-24-61-59-22-14-27-69(83)78(59)88-80(61)73)47-67-76(63)86(70)71-28-12-11-25-64(71)81(67)65-42-31-48-17-7-9-19-56(48)74(65)75-57-20-10-8-18-49(57)32-43-66(75)81/h7-47,89-90H,1-6H3/q-2. The zero-order valence-electron chi connectivity index (χ0n) is 50.7. The molecule has 1 aliphatic carbocycles. The fourth-order valence-electron chi connectivity index (χ4n) is 15.6. The topological polar surface area (TPSA) is 37.7 Å². The first-order valence-corrected chi connectivity index (χ1v) is 39.6. The number of aromatic nitrogens is 1. The number of furan rings is 2.